The molecule has 1 aliphatic rings. The number of rotatable bonds is 0. The third-order valence-electron chi connectivity index (χ3n) is 3.29. The van der Waals surface area contributed by atoms with Gasteiger partial charge in [0, 0.05) is 22.4 Å². The van der Waals surface area contributed by atoms with Crippen molar-refractivity contribution in [2.45, 2.75) is 12.8 Å². The van der Waals surface area contributed by atoms with E-state index >= 15 is 0 Å². The number of carbonyl (C=O) groups is 2. The molecule has 0 N–H and O–H groups in total. The number of benzene rings is 1. The van der Waals surface area contributed by atoms with E-state index in [4.69, 9.17) is 4.84 Å². The smallest absolute Gasteiger partial charge is 0.178 e. The van der Waals surface area contributed by atoms with Crippen LogP contribution in [-0.4, -0.2) is 11.6 Å². The predicted octanol–water partition coefficient (Wildman–Crippen LogP) is 4.99. The van der Waals surface area contributed by atoms with Crippen LogP contribution in [0.5, 0.6) is 5.75 Å². The van der Waals surface area contributed by atoms with E-state index in [1.54, 1.807) is 48.6 Å². The average molecular weight is 390 g/mol. The summed E-state index contributed by atoms with van der Waals surface area (Å²) in [6, 6.07) is 6.82. The Morgan fingerprint density at radius 3 is 2.55 bits per heavy atom. The fraction of sp³-hybridized carbons (Fsp3) is 0.100. The van der Waals surface area contributed by atoms with Gasteiger partial charge in [0.05, 0.1) is 11.5 Å². The van der Waals surface area contributed by atoms with E-state index in [9.17, 15) is 9.59 Å². The first-order valence-corrected chi connectivity index (χ1v) is 8.60. The number of hydrogen-bond acceptors (Lipinski definition) is 9. The summed E-state index contributed by atoms with van der Waals surface area (Å²) >= 11 is 0. The first-order valence-electron chi connectivity index (χ1n) is 8.60. The molecule has 0 amide bonds. The Labute approximate surface area is 167 Å². The van der Waals surface area contributed by atoms with Crippen molar-refractivity contribution in [1.82, 2.24) is 0 Å². The molecule has 0 aromatic heterocycles. The van der Waals surface area contributed by atoms with Crippen LogP contribution >= 0.6 is 0 Å². The first-order chi connectivity index (χ1) is 14.3. The van der Waals surface area contributed by atoms with Crippen molar-refractivity contribution >= 4 is 11.6 Å². The Morgan fingerprint density at radius 2 is 1.62 bits per heavy atom. The molecule has 0 unspecified atom stereocenters. The van der Waals surface area contributed by atoms with E-state index in [0.717, 1.165) is 0 Å². The van der Waals surface area contributed by atoms with E-state index in [0.29, 0.717) is 17.7 Å². The average Bonchev–Trinajstić information content (AvgIpc) is 2.72. The number of nitrogens with zero attached hydrogens (tertiary/aromatic N) is 6. The molecular formula is C20H18N6O3. The highest BCUT2D eigenvalue weighted by molar-refractivity contribution is 6.04. The second-order valence-corrected chi connectivity index (χ2v) is 5.43. The molecule has 1 heterocycles. The van der Waals surface area contributed by atoms with Crippen LogP contribution in [0.15, 0.2) is 116 Å². The molecule has 1 aromatic carbocycles. The molecule has 1 aliphatic heterocycles. The molecule has 1 aromatic rings. The van der Waals surface area contributed by atoms with Gasteiger partial charge in [0.2, 0.25) is 0 Å². The molecule has 0 fully saturated rings. The van der Waals surface area contributed by atoms with Crippen LogP contribution in [0.4, 0.5) is 0 Å². The highest BCUT2D eigenvalue weighted by atomic mass is 16.6. The number of carbonyl (C=O) groups excluding carboxylic acids is 2. The molecule has 0 radical (unpaired) electrons. The van der Waals surface area contributed by atoms with E-state index in [2.05, 4.69) is 31.3 Å². The minimum atomic E-state index is -0.266. The van der Waals surface area contributed by atoms with Gasteiger partial charge in [0.15, 0.2) is 17.3 Å². The maximum atomic E-state index is 12.1. The molecule has 9 nitrogen and oxygen atoms in total. The van der Waals surface area contributed by atoms with Gasteiger partial charge in [-0.05, 0) is 47.2 Å². The van der Waals surface area contributed by atoms with Crippen LogP contribution in [-0.2, 0) is 16.0 Å². The Morgan fingerprint density at radius 1 is 0.793 bits per heavy atom. The lowest BCUT2D eigenvalue weighted by atomic mass is 10.1. The van der Waals surface area contributed by atoms with Crippen LogP contribution in [0.25, 0.3) is 0 Å². The van der Waals surface area contributed by atoms with Gasteiger partial charge in [0.1, 0.15) is 0 Å². The van der Waals surface area contributed by atoms with Crippen molar-refractivity contribution in [2.24, 2.45) is 31.3 Å². The van der Waals surface area contributed by atoms with Crippen molar-refractivity contribution in [2.75, 3.05) is 0 Å². The number of hydrogen-bond donors (Lipinski definition) is 0. The molecule has 0 bridgehead atoms. The fourth-order valence-electron chi connectivity index (χ4n) is 2.02. The van der Waals surface area contributed by atoms with Crippen molar-refractivity contribution in [3.05, 3.63) is 90.7 Å². The minimum Gasteiger partial charge on any atom is -0.338 e. The number of fused-ring (bicyclic) bond motifs is 1. The summed E-state index contributed by atoms with van der Waals surface area (Å²) in [6.45, 7) is 0. The summed E-state index contributed by atoms with van der Waals surface area (Å²) in [4.78, 5) is 29.0. The fourth-order valence-corrected chi connectivity index (χ4v) is 2.02. The summed E-state index contributed by atoms with van der Waals surface area (Å²) < 4.78 is 0. The van der Waals surface area contributed by atoms with Crippen molar-refractivity contribution in [1.29, 1.82) is 0 Å². The van der Waals surface area contributed by atoms with Gasteiger partial charge in [-0.2, -0.15) is 0 Å². The lowest BCUT2D eigenvalue weighted by Crippen LogP contribution is -2.01. The normalized spacial score (nSPS) is 23.7. The van der Waals surface area contributed by atoms with E-state index < -0.39 is 0 Å². The molecule has 0 spiro atoms. The second kappa shape index (κ2) is 13.1. The van der Waals surface area contributed by atoms with Gasteiger partial charge in [-0.1, -0.05) is 48.6 Å². The van der Waals surface area contributed by atoms with Crippen molar-refractivity contribution in [3.8, 4) is 5.75 Å². The Kier molecular flexibility index (Phi) is 9.55. The molecule has 146 valence electrons. The van der Waals surface area contributed by atoms with Gasteiger partial charge in [-0.15, -0.1) is 5.11 Å². The molecule has 0 atom stereocenters. The van der Waals surface area contributed by atoms with Crippen molar-refractivity contribution in [3.63, 3.8) is 0 Å². The maximum absolute atomic E-state index is 12.1. The predicted molar refractivity (Wildman–Crippen MR) is 106 cm³/mol. The lowest BCUT2D eigenvalue weighted by molar-refractivity contribution is -0.115. The Hall–Kier alpha value is -4.14. The van der Waals surface area contributed by atoms with Gasteiger partial charge >= 0.3 is 0 Å². The summed E-state index contributed by atoms with van der Waals surface area (Å²) in [6.07, 6.45) is 16.5. The van der Waals surface area contributed by atoms with Crippen LogP contribution in [0.1, 0.15) is 12.0 Å². The van der Waals surface area contributed by atoms with Gasteiger partial charge in [-0.3, -0.25) is 9.59 Å². The van der Waals surface area contributed by atoms with Crippen LogP contribution in [0.3, 0.4) is 0 Å². The number of ketones is 2. The quantitative estimate of drug-likeness (QED) is 0.621. The van der Waals surface area contributed by atoms with E-state index in [1.807, 2.05) is 12.2 Å². The maximum Gasteiger partial charge on any atom is 0.178 e. The molecule has 9 heteroatoms. The van der Waals surface area contributed by atoms with Crippen LogP contribution in [0.2, 0.25) is 0 Å². The molecule has 2 rings (SSSR count). The minimum absolute atomic E-state index is 0.0380. The lowest BCUT2D eigenvalue weighted by Gasteiger charge is -2.03. The Balaban J connectivity index is 2.14. The summed E-state index contributed by atoms with van der Waals surface area (Å²) in [5.74, 6) is -0.186. The zero-order valence-electron chi connectivity index (χ0n) is 15.4. The molecule has 0 saturated carbocycles. The monoisotopic (exact) mass is 390 g/mol. The zero-order chi connectivity index (χ0) is 20.6. The summed E-state index contributed by atoms with van der Waals surface area (Å²) in [5.41, 5.74) is 0.585. The summed E-state index contributed by atoms with van der Waals surface area (Å²) in [5, 5.41) is 20.4. The van der Waals surface area contributed by atoms with Gasteiger partial charge < -0.3 is 4.84 Å². The Bertz CT molecular complexity index is 939. The molecule has 0 saturated heterocycles. The third-order valence-corrected chi connectivity index (χ3v) is 3.29. The third kappa shape index (κ3) is 9.38. The summed E-state index contributed by atoms with van der Waals surface area (Å²) in [7, 11) is 0. The number of allylic oxidation sites excluding steroid dienone is 9. The molecule has 29 heavy (non-hydrogen) atoms. The first kappa shape index (κ1) is 21.2. The number of para-hydroxylation sites is 1. The van der Waals surface area contributed by atoms with Gasteiger partial charge in [-0.25, -0.2) is 0 Å². The van der Waals surface area contributed by atoms with Crippen LogP contribution < -0.4 is 4.84 Å². The van der Waals surface area contributed by atoms with E-state index in [-0.39, 0.29) is 18.0 Å². The highest BCUT2D eigenvalue weighted by Crippen LogP contribution is 2.19. The molecule has 0 aliphatic carbocycles. The standard InChI is InChI=1S/C20H18N6O3/c27-18-11-6-4-2-1-3-5-9-15-21-22-23-24-25-26-29-20-12-8-7-10-17(20)16-19(28)14-13-18/h1-3,5-15H,4,16H2/b2-1-,5-3-,11-6-,14-13?,15-9-,22-21-,24-23-,26-25-. The zero-order valence-corrected chi connectivity index (χ0v) is 15.4. The van der Waals surface area contributed by atoms with Crippen molar-refractivity contribution < 1.29 is 14.4 Å². The SMILES string of the molecule is O=C1C=CC(=O)Cc2ccccc2O\N=N/N=N\N=N/C=C\C=C/C=C\C/C=C\1. The highest BCUT2D eigenvalue weighted by Gasteiger charge is 2.07. The topological polar surface area (TPSA) is 118 Å². The van der Waals surface area contributed by atoms with Crippen LogP contribution in [0, 0.1) is 0 Å². The van der Waals surface area contributed by atoms with E-state index in [1.165, 1.54) is 24.4 Å². The molecular weight excluding hydrogens is 372 g/mol. The second-order valence-electron chi connectivity index (χ2n) is 5.43. The largest absolute Gasteiger partial charge is 0.338 e. The van der Waals surface area contributed by atoms with Gasteiger partial charge in [0.25, 0.3) is 0 Å².